The summed E-state index contributed by atoms with van der Waals surface area (Å²) >= 11 is 0. The van der Waals surface area contributed by atoms with E-state index in [0.717, 1.165) is 44.8 Å². The molecule has 0 aromatic heterocycles. The summed E-state index contributed by atoms with van der Waals surface area (Å²) in [6, 6.07) is 0. The molecule has 1 heterocycles. The van der Waals surface area contributed by atoms with Crippen LogP contribution in [0.4, 0.5) is 0 Å². The smallest absolute Gasteiger partial charge is 0.171 e. The molecule has 3 unspecified atom stereocenters. The van der Waals surface area contributed by atoms with E-state index in [1.807, 2.05) is 6.08 Å². The minimum Gasteiger partial charge on any atom is -0.388 e. The number of rotatable bonds is 11. The number of aliphatic hydroxyl groups is 1. The molecule has 26 heavy (non-hydrogen) atoms. The molecular formula is C21H36O5. The lowest BCUT2D eigenvalue weighted by Crippen LogP contribution is -2.36. The second kappa shape index (κ2) is 9.98. The van der Waals surface area contributed by atoms with Crippen molar-refractivity contribution in [3.63, 3.8) is 0 Å². The normalized spacial score (nSPS) is 26.8. The summed E-state index contributed by atoms with van der Waals surface area (Å²) in [5.41, 5.74) is -0.220. The Morgan fingerprint density at radius 3 is 2.69 bits per heavy atom. The number of hydrogen-bond donors (Lipinski definition) is 1. The number of allylic oxidation sites excluding steroid dienone is 1. The number of carbonyl (C=O) groups is 1. The van der Waals surface area contributed by atoms with Crippen LogP contribution in [0.1, 0.15) is 58.8 Å². The summed E-state index contributed by atoms with van der Waals surface area (Å²) in [5.74, 6) is 0.187. The van der Waals surface area contributed by atoms with E-state index in [1.165, 1.54) is 0 Å². The van der Waals surface area contributed by atoms with Crippen LogP contribution < -0.4 is 0 Å². The molecule has 150 valence electrons. The fourth-order valence-corrected chi connectivity index (χ4v) is 4.19. The lowest BCUT2D eigenvalue weighted by atomic mass is 9.81. The number of methoxy groups -OCH3 is 1. The third kappa shape index (κ3) is 5.38. The fourth-order valence-electron chi connectivity index (χ4n) is 4.19. The summed E-state index contributed by atoms with van der Waals surface area (Å²) < 4.78 is 17.2. The van der Waals surface area contributed by atoms with Gasteiger partial charge in [0.25, 0.3) is 0 Å². The first kappa shape index (κ1) is 21.5. The van der Waals surface area contributed by atoms with Crippen LogP contribution in [0, 0.1) is 17.3 Å². The van der Waals surface area contributed by atoms with E-state index in [4.69, 9.17) is 14.2 Å². The summed E-state index contributed by atoms with van der Waals surface area (Å²) in [5, 5.41) is 10.6. The van der Waals surface area contributed by atoms with Crippen molar-refractivity contribution in [3.8, 4) is 0 Å². The number of hydrogen-bond acceptors (Lipinski definition) is 5. The predicted molar refractivity (Wildman–Crippen MR) is 101 cm³/mol. The van der Waals surface area contributed by atoms with E-state index in [1.54, 1.807) is 7.11 Å². The monoisotopic (exact) mass is 368 g/mol. The zero-order valence-corrected chi connectivity index (χ0v) is 16.6. The summed E-state index contributed by atoms with van der Waals surface area (Å²) in [7, 11) is 1.69. The van der Waals surface area contributed by atoms with Gasteiger partial charge < -0.3 is 24.1 Å². The number of carbonyl (C=O) groups excluding carboxylic acids is 1. The van der Waals surface area contributed by atoms with Gasteiger partial charge in [-0.25, -0.2) is 0 Å². The number of unbranched alkanes of at least 4 members (excludes halogenated alkanes) is 2. The maximum absolute atomic E-state index is 10.6. The average Bonchev–Trinajstić information content (AvgIpc) is 3.23. The van der Waals surface area contributed by atoms with Gasteiger partial charge in [0, 0.05) is 32.5 Å². The van der Waals surface area contributed by atoms with Gasteiger partial charge in [0.15, 0.2) is 5.79 Å². The zero-order chi connectivity index (χ0) is 19.0. The van der Waals surface area contributed by atoms with Crippen LogP contribution in [0.2, 0.25) is 0 Å². The van der Waals surface area contributed by atoms with Crippen molar-refractivity contribution >= 4 is 6.29 Å². The summed E-state index contributed by atoms with van der Waals surface area (Å²) in [6.07, 6.45) is 10.9. The lowest BCUT2D eigenvalue weighted by Gasteiger charge is -2.32. The molecule has 2 fully saturated rings. The summed E-state index contributed by atoms with van der Waals surface area (Å²) in [6.45, 7) is 6.10. The van der Waals surface area contributed by atoms with Crippen LogP contribution in [0.5, 0.6) is 0 Å². The highest BCUT2D eigenvalue weighted by molar-refractivity contribution is 5.48. The Morgan fingerprint density at radius 2 is 2.04 bits per heavy atom. The Kier molecular flexibility index (Phi) is 8.27. The van der Waals surface area contributed by atoms with E-state index in [0.29, 0.717) is 38.1 Å². The molecule has 0 aromatic carbocycles. The lowest BCUT2D eigenvalue weighted by molar-refractivity contribution is -0.186. The molecule has 1 aliphatic heterocycles. The van der Waals surface area contributed by atoms with Gasteiger partial charge in [0.1, 0.15) is 6.29 Å². The van der Waals surface area contributed by atoms with Gasteiger partial charge >= 0.3 is 0 Å². The first-order valence-corrected chi connectivity index (χ1v) is 10.0. The maximum atomic E-state index is 10.6. The van der Waals surface area contributed by atoms with E-state index >= 15 is 0 Å². The van der Waals surface area contributed by atoms with Crippen molar-refractivity contribution in [2.24, 2.45) is 17.3 Å². The molecule has 1 saturated heterocycles. The average molecular weight is 369 g/mol. The van der Waals surface area contributed by atoms with Crippen LogP contribution in [0.3, 0.4) is 0 Å². The third-order valence-electron chi connectivity index (χ3n) is 6.06. The molecule has 5 nitrogen and oxygen atoms in total. The third-order valence-corrected chi connectivity index (χ3v) is 6.06. The summed E-state index contributed by atoms with van der Waals surface area (Å²) in [4.78, 5) is 10.6. The molecule has 1 saturated carbocycles. The van der Waals surface area contributed by atoms with Gasteiger partial charge in [-0.3, -0.25) is 0 Å². The molecule has 1 N–H and O–H groups in total. The molecule has 3 atom stereocenters. The number of aliphatic hydroxyl groups excluding tert-OH is 1. The molecular weight excluding hydrogens is 332 g/mol. The van der Waals surface area contributed by atoms with Crippen LogP contribution in [0.25, 0.3) is 0 Å². The molecule has 0 aromatic rings. The van der Waals surface area contributed by atoms with Crippen molar-refractivity contribution in [3.05, 3.63) is 12.2 Å². The SMILES string of the molecule is COCCC(C)(C)C(O)/C=C/C1CCC2(OCCO2)C1CCCCC=O. The van der Waals surface area contributed by atoms with E-state index in [9.17, 15) is 9.90 Å². The van der Waals surface area contributed by atoms with Crippen molar-refractivity contribution in [2.75, 3.05) is 26.9 Å². The van der Waals surface area contributed by atoms with E-state index < -0.39 is 11.9 Å². The minimum absolute atomic E-state index is 0.220. The largest absolute Gasteiger partial charge is 0.388 e. The highest BCUT2D eigenvalue weighted by Gasteiger charge is 2.51. The van der Waals surface area contributed by atoms with Gasteiger partial charge in [-0.15, -0.1) is 0 Å². The van der Waals surface area contributed by atoms with Gasteiger partial charge in [-0.2, -0.15) is 0 Å². The molecule has 0 bridgehead atoms. The van der Waals surface area contributed by atoms with Gasteiger partial charge in [0.05, 0.1) is 19.3 Å². The maximum Gasteiger partial charge on any atom is 0.171 e. The number of ether oxygens (including phenoxy) is 3. The van der Waals surface area contributed by atoms with Gasteiger partial charge in [-0.1, -0.05) is 32.4 Å². The van der Waals surface area contributed by atoms with Crippen molar-refractivity contribution in [1.29, 1.82) is 0 Å². The van der Waals surface area contributed by atoms with Gasteiger partial charge in [0.2, 0.25) is 0 Å². The number of aldehydes is 1. The first-order valence-electron chi connectivity index (χ1n) is 10.0. The van der Waals surface area contributed by atoms with Crippen molar-refractivity contribution in [2.45, 2.75) is 70.7 Å². The zero-order valence-electron chi connectivity index (χ0n) is 16.6. The topological polar surface area (TPSA) is 65.0 Å². The fraction of sp³-hybridized carbons (Fsp3) is 0.857. The Balaban J connectivity index is 1.99. The van der Waals surface area contributed by atoms with Crippen molar-refractivity contribution in [1.82, 2.24) is 0 Å². The second-order valence-corrected chi connectivity index (χ2v) is 8.33. The highest BCUT2D eigenvalue weighted by atomic mass is 16.7. The second-order valence-electron chi connectivity index (χ2n) is 8.33. The van der Waals surface area contributed by atoms with Crippen LogP contribution in [-0.4, -0.2) is 50.2 Å². The highest BCUT2D eigenvalue weighted by Crippen LogP contribution is 2.49. The molecule has 0 amide bonds. The first-order chi connectivity index (χ1) is 12.4. The minimum atomic E-state index is -0.504. The van der Waals surface area contributed by atoms with Crippen LogP contribution >= 0.6 is 0 Å². The Bertz CT molecular complexity index is 453. The van der Waals surface area contributed by atoms with E-state index in [2.05, 4.69) is 19.9 Å². The quantitative estimate of drug-likeness (QED) is 0.343. The Hall–Kier alpha value is -0.750. The molecule has 1 spiro atoms. The standard InChI is InChI=1S/C21H36O5/c1-20(2,12-14-24-3)19(23)9-8-17-10-11-21(25-15-16-26-21)18(17)7-5-4-6-13-22/h8-9,13,17-19,23H,4-7,10-12,14-16H2,1-3H3/b9-8+. The molecule has 2 rings (SSSR count). The van der Waals surface area contributed by atoms with E-state index in [-0.39, 0.29) is 5.41 Å². The van der Waals surface area contributed by atoms with Crippen LogP contribution in [0.15, 0.2) is 12.2 Å². The van der Waals surface area contributed by atoms with Gasteiger partial charge in [-0.05, 0) is 37.0 Å². The Morgan fingerprint density at radius 1 is 1.31 bits per heavy atom. The molecule has 2 aliphatic rings. The Labute approximate surface area is 158 Å². The predicted octanol–water partition coefficient (Wildman–Crippen LogP) is 3.49. The molecule has 1 aliphatic carbocycles. The van der Waals surface area contributed by atoms with Crippen molar-refractivity contribution < 1.29 is 24.1 Å². The molecule has 0 radical (unpaired) electrons. The van der Waals surface area contributed by atoms with Crippen LogP contribution in [-0.2, 0) is 19.0 Å². The molecule has 5 heteroatoms.